The zero-order chi connectivity index (χ0) is 20.6. The Hall–Kier alpha value is -2.76. The second-order valence-electron chi connectivity index (χ2n) is 8.70. The molecule has 1 saturated heterocycles. The summed E-state index contributed by atoms with van der Waals surface area (Å²) in [5.41, 5.74) is 2.61. The average molecular weight is 402 g/mol. The summed E-state index contributed by atoms with van der Waals surface area (Å²) in [4.78, 5) is 20.3. The average Bonchev–Trinajstić information content (AvgIpc) is 3.57. The quantitative estimate of drug-likeness (QED) is 0.639. The maximum Gasteiger partial charge on any atom is 0.231 e. The number of likely N-dealkylation sites (tertiary alicyclic amines) is 1. The molecule has 5 rings (SSSR count). The van der Waals surface area contributed by atoms with Gasteiger partial charge in [-0.25, -0.2) is 0 Å². The van der Waals surface area contributed by atoms with E-state index in [2.05, 4.69) is 33.4 Å². The van der Waals surface area contributed by atoms with Gasteiger partial charge in [-0.2, -0.15) is 0 Å². The first kappa shape index (κ1) is 19.2. The van der Waals surface area contributed by atoms with Gasteiger partial charge in [-0.05, 0) is 36.1 Å². The van der Waals surface area contributed by atoms with Crippen molar-refractivity contribution in [1.82, 2.24) is 15.2 Å². The molecule has 2 aromatic carbocycles. The van der Waals surface area contributed by atoms with Crippen LogP contribution in [0.1, 0.15) is 30.0 Å². The monoisotopic (exact) mass is 401 g/mol. The van der Waals surface area contributed by atoms with Gasteiger partial charge < -0.3 is 15.3 Å². The summed E-state index contributed by atoms with van der Waals surface area (Å²) < 4.78 is 0. The van der Waals surface area contributed by atoms with Gasteiger partial charge in [-0.1, -0.05) is 48.5 Å². The Balaban J connectivity index is 1.36. The van der Waals surface area contributed by atoms with Crippen LogP contribution in [0.2, 0.25) is 0 Å². The van der Waals surface area contributed by atoms with E-state index in [9.17, 15) is 9.90 Å². The summed E-state index contributed by atoms with van der Waals surface area (Å²) in [5, 5.41) is 13.7. The van der Waals surface area contributed by atoms with Crippen molar-refractivity contribution < 1.29 is 9.90 Å². The predicted octanol–water partition coefficient (Wildman–Crippen LogP) is 3.05. The molecule has 1 saturated carbocycles. The van der Waals surface area contributed by atoms with Gasteiger partial charge in [0.05, 0.1) is 17.0 Å². The van der Waals surface area contributed by atoms with Crippen LogP contribution in [0.3, 0.4) is 0 Å². The molecule has 1 aliphatic heterocycles. The summed E-state index contributed by atoms with van der Waals surface area (Å²) >= 11 is 0. The SMILES string of the molecule is O=C(N[C@H](CN1CC(CO)C1)c1ccccc1)C1(c2cnc3ccccc3c2)CC1. The first-order valence-corrected chi connectivity index (χ1v) is 10.7. The van der Waals surface area contributed by atoms with Gasteiger partial charge in [0.15, 0.2) is 0 Å². The highest BCUT2D eigenvalue weighted by Gasteiger charge is 2.52. The Bertz CT molecular complexity index is 1040. The number of hydrogen-bond acceptors (Lipinski definition) is 4. The van der Waals surface area contributed by atoms with Gasteiger partial charge in [0.1, 0.15) is 0 Å². The van der Waals surface area contributed by atoms with Gasteiger partial charge in [-0.15, -0.1) is 0 Å². The smallest absolute Gasteiger partial charge is 0.231 e. The second-order valence-corrected chi connectivity index (χ2v) is 8.70. The number of carbonyl (C=O) groups excluding carboxylic acids is 1. The Kier molecular flexibility index (Phi) is 5.01. The number of pyridine rings is 1. The third kappa shape index (κ3) is 3.59. The molecule has 1 aromatic heterocycles. The Morgan fingerprint density at radius 3 is 2.60 bits per heavy atom. The first-order chi connectivity index (χ1) is 14.7. The summed E-state index contributed by atoms with van der Waals surface area (Å²) in [6.07, 6.45) is 3.58. The fraction of sp³-hybridized carbons (Fsp3) is 0.360. The lowest BCUT2D eigenvalue weighted by Gasteiger charge is -2.40. The van der Waals surface area contributed by atoms with E-state index in [4.69, 9.17) is 0 Å². The molecule has 1 amide bonds. The Morgan fingerprint density at radius 1 is 1.13 bits per heavy atom. The van der Waals surface area contributed by atoms with E-state index in [0.29, 0.717) is 5.92 Å². The molecule has 2 heterocycles. The predicted molar refractivity (Wildman–Crippen MR) is 117 cm³/mol. The fourth-order valence-corrected chi connectivity index (χ4v) is 4.52. The molecule has 3 aromatic rings. The standard InChI is InChI=1S/C25H27N3O2/c29-17-18-14-28(15-18)16-23(19-6-2-1-3-7-19)27-24(30)25(10-11-25)21-12-20-8-4-5-9-22(20)26-13-21/h1-9,12-13,18,23,29H,10-11,14-17H2,(H,27,30)/t23-/m1/s1. The summed E-state index contributed by atoms with van der Waals surface area (Å²) in [5.74, 6) is 0.447. The number of nitrogens with one attached hydrogen (secondary N) is 1. The van der Waals surface area contributed by atoms with Crippen LogP contribution in [-0.2, 0) is 10.2 Å². The van der Waals surface area contributed by atoms with E-state index in [0.717, 1.165) is 54.5 Å². The van der Waals surface area contributed by atoms with Gasteiger partial charge in [0.2, 0.25) is 5.91 Å². The third-order valence-corrected chi connectivity index (χ3v) is 6.57. The van der Waals surface area contributed by atoms with E-state index < -0.39 is 5.41 Å². The molecule has 0 radical (unpaired) electrons. The summed E-state index contributed by atoms with van der Waals surface area (Å²) in [6, 6.07) is 20.3. The molecule has 0 spiro atoms. The van der Waals surface area contributed by atoms with Crippen LogP contribution >= 0.6 is 0 Å². The number of rotatable bonds is 7. The van der Waals surface area contributed by atoms with Crippen molar-refractivity contribution >= 4 is 16.8 Å². The number of aliphatic hydroxyl groups is 1. The molecule has 1 aliphatic carbocycles. The summed E-state index contributed by atoms with van der Waals surface area (Å²) in [7, 11) is 0. The molecular formula is C25H27N3O2. The minimum absolute atomic E-state index is 0.0655. The normalized spacial score (nSPS) is 19.2. The van der Waals surface area contributed by atoms with E-state index in [-0.39, 0.29) is 18.6 Å². The molecule has 154 valence electrons. The lowest BCUT2D eigenvalue weighted by Crippen LogP contribution is -2.52. The minimum atomic E-state index is -0.466. The van der Waals surface area contributed by atoms with E-state index in [1.807, 2.05) is 48.7 Å². The van der Waals surface area contributed by atoms with E-state index >= 15 is 0 Å². The number of amides is 1. The zero-order valence-electron chi connectivity index (χ0n) is 17.0. The van der Waals surface area contributed by atoms with E-state index in [1.165, 1.54) is 0 Å². The maximum atomic E-state index is 13.5. The molecule has 2 fully saturated rings. The number of nitrogens with zero attached hydrogens (tertiary/aromatic N) is 2. The molecular weight excluding hydrogens is 374 g/mol. The third-order valence-electron chi connectivity index (χ3n) is 6.57. The lowest BCUT2D eigenvalue weighted by atomic mass is 9.93. The Labute approximate surface area is 176 Å². The molecule has 5 heteroatoms. The van der Waals surface area contributed by atoms with Gasteiger partial charge in [0.25, 0.3) is 0 Å². The van der Waals surface area contributed by atoms with Crippen LogP contribution in [0.4, 0.5) is 0 Å². The topological polar surface area (TPSA) is 65.5 Å². The summed E-state index contributed by atoms with van der Waals surface area (Å²) in [6.45, 7) is 2.76. The largest absolute Gasteiger partial charge is 0.396 e. The zero-order valence-corrected chi connectivity index (χ0v) is 17.0. The number of carbonyl (C=O) groups is 1. The van der Waals surface area contributed by atoms with Gasteiger partial charge in [0, 0.05) is 43.7 Å². The van der Waals surface area contributed by atoms with Crippen molar-refractivity contribution in [3.63, 3.8) is 0 Å². The van der Waals surface area contributed by atoms with Crippen molar-refractivity contribution in [2.45, 2.75) is 24.3 Å². The maximum absolute atomic E-state index is 13.5. The van der Waals surface area contributed by atoms with Crippen LogP contribution in [0, 0.1) is 5.92 Å². The molecule has 1 atom stereocenters. The molecule has 2 aliphatic rings. The Morgan fingerprint density at radius 2 is 1.87 bits per heavy atom. The first-order valence-electron chi connectivity index (χ1n) is 10.7. The van der Waals surface area contributed by atoms with Crippen molar-refractivity contribution in [2.24, 2.45) is 5.92 Å². The molecule has 2 N–H and O–H groups in total. The van der Waals surface area contributed by atoms with Crippen LogP contribution in [0.5, 0.6) is 0 Å². The van der Waals surface area contributed by atoms with Gasteiger partial charge >= 0.3 is 0 Å². The number of hydrogen-bond donors (Lipinski definition) is 2. The van der Waals surface area contributed by atoms with Crippen molar-refractivity contribution in [2.75, 3.05) is 26.2 Å². The highest BCUT2D eigenvalue weighted by Crippen LogP contribution is 2.49. The number of aliphatic hydroxyl groups excluding tert-OH is 1. The van der Waals surface area contributed by atoms with Crippen molar-refractivity contribution in [3.05, 3.63) is 78.0 Å². The van der Waals surface area contributed by atoms with E-state index in [1.54, 1.807) is 0 Å². The molecule has 0 bridgehead atoms. The van der Waals surface area contributed by atoms with Crippen molar-refractivity contribution in [3.8, 4) is 0 Å². The molecule has 0 unspecified atom stereocenters. The highest BCUT2D eigenvalue weighted by molar-refractivity contribution is 5.93. The number of aromatic nitrogens is 1. The van der Waals surface area contributed by atoms with Crippen LogP contribution in [0.25, 0.3) is 10.9 Å². The minimum Gasteiger partial charge on any atom is -0.396 e. The molecule has 5 nitrogen and oxygen atoms in total. The number of benzene rings is 2. The second kappa shape index (κ2) is 7.82. The fourth-order valence-electron chi connectivity index (χ4n) is 4.52. The highest BCUT2D eigenvalue weighted by atomic mass is 16.3. The molecule has 30 heavy (non-hydrogen) atoms. The number of fused-ring (bicyclic) bond motifs is 1. The van der Waals surface area contributed by atoms with Crippen molar-refractivity contribution in [1.29, 1.82) is 0 Å². The van der Waals surface area contributed by atoms with Crippen LogP contribution < -0.4 is 5.32 Å². The van der Waals surface area contributed by atoms with Crippen LogP contribution in [0.15, 0.2) is 66.9 Å². The number of para-hydroxylation sites is 1. The van der Waals surface area contributed by atoms with Gasteiger partial charge in [-0.3, -0.25) is 9.78 Å². The lowest BCUT2D eigenvalue weighted by molar-refractivity contribution is -0.124. The van der Waals surface area contributed by atoms with Crippen LogP contribution in [-0.4, -0.2) is 47.1 Å².